The highest BCUT2D eigenvalue weighted by atomic mass is 19.1. The molecule has 0 fully saturated rings. The first kappa shape index (κ1) is 13.7. The molecule has 2 N–H and O–H groups in total. The van der Waals surface area contributed by atoms with Gasteiger partial charge in [0.05, 0.1) is 6.04 Å². The lowest BCUT2D eigenvalue weighted by Gasteiger charge is -2.15. The third-order valence-corrected chi connectivity index (χ3v) is 3.36. The normalized spacial score (nSPS) is 12.5. The Bertz CT molecular complexity index is 576. The van der Waals surface area contributed by atoms with E-state index in [1.165, 1.54) is 11.6 Å². The highest BCUT2D eigenvalue weighted by Gasteiger charge is 2.15. The van der Waals surface area contributed by atoms with Crippen LogP contribution in [0, 0.1) is 18.6 Å². The van der Waals surface area contributed by atoms with Gasteiger partial charge in [-0.2, -0.15) is 0 Å². The Hall–Kier alpha value is -1.74. The van der Waals surface area contributed by atoms with E-state index in [4.69, 9.17) is 5.73 Å². The highest BCUT2D eigenvalue weighted by Crippen LogP contribution is 2.25. The van der Waals surface area contributed by atoms with Crippen molar-refractivity contribution in [3.63, 3.8) is 0 Å². The van der Waals surface area contributed by atoms with Gasteiger partial charge in [0, 0.05) is 11.6 Å². The fourth-order valence-corrected chi connectivity index (χ4v) is 2.06. The molecule has 0 heterocycles. The van der Waals surface area contributed by atoms with E-state index in [9.17, 15) is 8.78 Å². The number of rotatable bonds is 3. The van der Waals surface area contributed by atoms with Crippen molar-refractivity contribution in [3.05, 3.63) is 70.3 Å². The maximum atomic E-state index is 13.8. The third kappa shape index (κ3) is 2.82. The summed E-state index contributed by atoms with van der Waals surface area (Å²) in [6, 6.07) is 9.52. The van der Waals surface area contributed by atoms with Crippen LogP contribution in [-0.2, 0) is 6.42 Å². The van der Waals surface area contributed by atoms with Gasteiger partial charge in [-0.1, -0.05) is 31.2 Å². The van der Waals surface area contributed by atoms with Crippen molar-refractivity contribution in [2.24, 2.45) is 5.73 Å². The Balaban J connectivity index is 2.37. The Morgan fingerprint density at radius 2 is 1.68 bits per heavy atom. The predicted octanol–water partition coefficient (Wildman–Crippen LogP) is 3.88. The monoisotopic (exact) mass is 261 g/mol. The molecule has 0 bridgehead atoms. The van der Waals surface area contributed by atoms with Crippen LogP contribution in [0.1, 0.15) is 35.2 Å². The Kier molecular flexibility index (Phi) is 3.96. The summed E-state index contributed by atoms with van der Waals surface area (Å²) in [5.74, 6) is -1.15. The number of hydrogen-bond donors (Lipinski definition) is 1. The molecular weight excluding hydrogens is 244 g/mol. The van der Waals surface area contributed by atoms with Gasteiger partial charge in [-0.3, -0.25) is 0 Å². The summed E-state index contributed by atoms with van der Waals surface area (Å²) in [6.45, 7) is 3.67. The van der Waals surface area contributed by atoms with Crippen LogP contribution < -0.4 is 5.73 Å². The minimum Gasteiger partial charge on any atom is -0.320 e. The first-order chi connectivity index (χ1) is 9.02. The van der Waals surface area contributed by atoms with Crippen molar-refractivity contribution in [2.75, 3.05) is 0 Å². The maximum absolute atomic E-state index is 13.8. The molecule has 0 aliphatic heterocycles. The van der Waals surface area contributed by atoms with Crippen LogP contribution in [0.2, 0.25) is 0 Å². The fourth-order valence-electron chi connectivity index (χ4n) is 2.06. The Morgan fingerprint density at radius 3 is 2.26 bits per heavy atom. The van der Waals surface area contributed by atoms with Crippen molar-refractivity contribution in [1.29, 1.82) is 0 Å². The van der Waals surface area contributed by atoms with Crippen LogP contribution in [-0.4, -0.2) is 0 Å². The van der Waals surface area contributed by atoms with Gasteiger partial charge >= 0.3 is 0 Å². The third-order valence-electron chi connectivity index (χ3n) is 3.36. The van der Waals surface area contributed by atoms with Crippen LogP contribution in [0.4, 0.5) is 8.78 Å². The number of halogens is 2. The van der Waals surface area contributed by atoms with Gasteiger partial charge in [0.2, 0.25) is 0 Å². The first-order valence-corrected chi connectivity index (χ1v) is 6.33. The summed E-state index contributed by atoms with van der Waals surface area (Å²) < 4.78 is 27.0. The second-order valence-corrected chi connectivity index (χ2v) is 4.70. The standard InChI is InChI=1S/C16H17F2N/c1-3-11-4-6-12(7-5-11)16(19)13-8-10(2)14(17)9-15(13)18/h4-9,16H,3,19H2,1-2H3. The van der Waals surface area contributed by atoms with E-state index < -0.39 is 17.7 Å². The molecule has 100 valence electrons. The molecule has 0 amide bonds. The summed E-state index contributed by atoms with van der Waals surface area (Å²) in [4.78, 5) is 0. The second-order valence-electron chi connectivity index (χ2n) is 4.70. The first-order valence-electron chi connectivity index (χ1n) is 6.33. The Labute approximate surface area is 112 Å². The summed E-state index contributed by atoms with van der Waals surface area (Å²) >= 11 is 0. The average molecular weight is 261 g/mol. The summed E-state index contributed by atoms with van der Waals surface area (Å²) in [7, 11) is 0. The maximum Gasteiger partial charge on any atom is 0.131 e. The molecule has 0 saturated heterocycles. The van der Waals surface area contributed by atoms with Crippen LogP contribution in [0.15, 0.2) is 36.4 Å². The molecule has 1 atom stereocenters. The van der Waals surface area contributed by atoms with Gasteiger partial charge in [0.15, 0.2) is 0 Å². The highest BCUT2D eigenvalue weighted by molar-refractivity contribution is 5.36. The van der Waals surface area contributed by atoms with E-state index in [0.29, 0.717) is 11.1 Å². The average Bonchev–Trinajstić information content (AvgIpc) is 2.42. The molecule has 2 aromatic carbocycles. The van der Waals surface area contributed by atoms with E-state index in [1.54, 1.807) is 6.92 Å². The molecule has 3 heteroatoms. The van der Waals surface area contributed by atoms with Gasteiger partial charge in [-0.05, 0) is 36.1 Å². The second kappa shape index (κ2) is 5.49. The lowest BCUT2D eigenvalue weighted by Crippen LogP contribution is -2.14. The zero-order chi connectivity index (χ0) is 14.0. The minimum atomic E-state index is -0.602. The number of hydrogen-bond acceptors (Lipinski definition) is 1. The van der Waals surface area contributed by atoms with Gasteiger partial charge in [0.1, 0.15) is 11.6 Å². The molecular formula is C16H17F2N. The SMILES string of the molecule is CCc1ccc(C(N)c2cc(C)c(F)cc2F)cc1. The molecule has 0 spiro atoms. The van der Waals surface area contributed by atoms with Crippen LogP contribution in [0.5, 0.6) is 0 Å². The zero-order valence-electron chi connectivity index (χ0n) is 11.1. The van der Waals surface area contributed by atoms with Crippen molar-refractivity contribution in [2.45, 2.75) is 26.3 Å². The van der Waals surface area contributed by atoms with Gasteiger partial charge < -0.3 is 5.73 Å². The van der Waals surface area contributed by atoms with Crippen LogP contribution in [0.3, 0.4) is 0 Å². The molecule has 19 heavy (non-hydrogen) atoms. The van der Waals surface area contributed by atoms with Crippen molar-refractivity contribution >= 4 is 0 Å². The van der Waals surface area contributed by atoms with E-state index in [2.05, 4.69) is 6.92 Å². The lowest BCUT2D eigenvalue weighted by molar-refractivity contribution is 0.561. The van der Waals surface area contributed by atoms with Gasteiger partial charge in [-0.25, -0.2) is 8.78 Å². The summed E-state index contributed by atoms with van der Waals surface area (Å²) in [6.07, 6.45) is 0.944. The van der Waals surface area contributed by atoms with Crippen LogP contribution >= 0.6 is 0 Å². The van der Waals surface area contributed by atoms with Crippen molar-refractivity contribution in [3.8, 4) is 0 Å². The molecule has 0 aliphatic carbocycles. The topological polar surface area (TPSA) is 26.0 Å². The number of benzene rings is 2. The molecule has 0 saturated carbocycles. The molecule has 0 aliphatic rings. The Morgan fingerprint density at radius 1 is 1.05 bits per heavy atom. The van der Waals surface area contributed by atoms with Crippen molar-refractivity contribution in [1.82, 2.24) is 0 Å². The van der Waals surface area contributed by atoms with Gasteiger partial charge in [-0.15, -0.1) is 0 Å². The number of aryl methyl sites for hydroxylation is 2. The summed E-state index contributed by atoms with van der Waals surface area (Å²) in [5, 5.41) is 0. The molecule has 2 aromatic rings. The lowest BCUT2D eigenvalue weighted by atomic mass is 9.96. The minimum absolute atomic E-state index is 0.322. The van der Waals surface area contributed by atoms with Crippen molar-refractivity contribution < 1.29 is 8.78 Å². The van der Waals surface area contributed by atoms with E-state index >= 15 is 0 Å². The fraction of sp³-hybridized carbons (Fsp3) is 0.250. The van der Waals surface area contributed by atoms with E-state index in [0.717, 1.165) is 18.1 Å². The van der Waals surface area contributed by atoms with Gasteiger partial charge in [0.25, 0.3) is 0 Å². The summed E-state index contributed by atoms with van der Waals surface area (Å²) in [5.41, 5.74) is 8.81. The van der Waals surface area contributed by atoms with Crippen LogP contribution in [0.25, 0.3) is 0 Å². The smallest absolute Gasteiger partial charge is 0.131 e. The molecule has 0 aromatic heterocycles. The molecule has 1 unspecified atom stereocenters. The molecule has 0 radical (unpaired) electrons. The van der Waals surface area contributed by atoms with E-state index in [1.807, 2.05) is 24.3 Å². The largest absolute Gasteiger partial charge is 0.320 e. The number of nitrogens with two attached hydrogens (primary N) is 1. The molecule has 1 nitrogen and oxygen atoms in total. The quantitative estimate of drug-likeness (QED) is 0.891. The zero-order valence-corrected chi connectivity index (χ0v) is 11.1. The predicted molar refractivity (Wildman–Crippen MR) is 72.9 cm³/mol. The van der Waals surface area contributed by atoms with E-state index in [-0.39, 0.29) is 0 Å². The molecule has 2 rings (SSSR count).